The second kappa shape index (κ2) is 11.7. The van der Waals surface area contributed by atoms with Crippen LogP contribution in [0, 0.1) is 5.82 Å². The van der Waals surface area contributed by atoms with E-state index in [0.717, 1.165) is 12.3 Å². The van der Waals surface area contributed by atoms with Crippen LogP contribution in [0.2, 0.25) is 10.0 Å². The molecule has 0 saturated heterocycles. The van der Waals surface area contributed by atoms with Crippen molar-refractivity contribution in [3.05, 3.63) is 63.9 Å². The van der Waals surface area contributed by atoms with Crippen molar-refractivity contribution in [2.24, 2.45) is 0 Å². The van der Waals surface area contributed by atoms with E-state index >= 15 is 0 Å². The van der Waals surface area contributed by atoms with Crippen LogP contribution in [0.4, 0.5) is 10.1 Å². The largest absolute Gasteiger partial charge is 0.355 e. The van der Waals surface area contributed by atoms with Gasteiger partial charge in [0.05, 0.1) is 22.0 Å². The Bertz CT molecular complexity index is 1110. The van der Waals surface area contributed by atoms with Gasteiger partial charge in [-0.05, 0) is 43.2 Å². The highest BCUT2D eigenvalue weighted by Crippen LogP contribution is 2.25. The Morgan fingerprint density at radius 1 is 1.09 bits per heavy atom. The van der Waals surface area contributed by atoms with Crippen molar-refractivity contribution in [2.75, 3.05) is 23.7 Å². The van der Waals surface area contributed by atoms with Crippen molar-refractivity contribution in [3.63, 3.8) is 0 Å². The molecule has 180 valence electrons. The van der Waals surface area contributed by atoms with E-state index in [2.05, 4.69) is 5.32 Å². The van der Waals surface area contributed by atoms with Crippen LogP contribution in [-0.2, 0) is 26.2 Å². The highest BCUT2D eigenvalue weighted by atomic mass is 35.5. The molecule has 2 aromatic rings. The van der Waals surface area contributed by atoms with E-state index in [0.29, 0.717) is 21.4 Å². The number of carbonyl (C=O) groups excluding carboxylic acids is 2. The number of para-hydroxylation sites is 1. The number of benzene rings is 2. The average Bonchev–Trinajstić information content (AvgIpc) is 2.74. The molecule has 0 aliphatic rings. The fraction of sp³-hybridized carbons (Fsp3) is 0.364. The van der Waals surface area contributed by atoms with Crippen molar-refractivity contribution < 1.29 is 22.4 Å². The molecule has 33 heavy (non-hydrogen) atoms. The van der Waals surface area contributed by atoms with E-state index in [9.17, 15) is 22.4 Å². The van der Waals surface area contributed by atoms with Gasteiger partial charge in [0.15, 0.2) is 0 Å². The Kier molecular flexibility index (Phi) is 9.51. The summed E-state index contributed by atoms with van der Waals surface area (Å²) >= 11 is 12.1. The minimum Gasteiger partial charge on any atom is -0.355 e. The van der Waals surface area contributed by atoms with E-state index in [1.165, 1.54) is 23.1 Å². The molecule has 0 aliphatic carbocycles. The van der Waals surface area contributed by atoms with E-state index in [1.807, 2.05) is 0 Å². The summed E-state index contributed by atoms with van der Waals surface area (Å²) in [5.74, 6) is -1.85. The van der Waals surface area contributed by atoms with Gasteiger partial charge in [-0.3, -0.25) is 13.9 Å². The Hall–Kier alpha value is -2.36. The first-order valence-electron chi connectivity index (χ1n) is 10.2. The Balaban J connectivity index is 2.47. The highest BCUT2D eigenvalue weighted by molar-refractivity contribution is 7.92. The van der Waals surface area contributed by atoms with Gasteiger partial charge in [0, 0.05) is 13.1 Å². The quantitative estimate of drug-likeness (QED) is 0.518. The second-order valence-corrected chi connectivity index (χ2v) is 10.0. The van der Waals surface area contributed by atoms with Gasteiger partial charge >= 0.3 is 0 Å². The van der Waals surface area contributed by atoms with Crippen molar-refractivity contribution in [1.29, 1.82) is 0 Å². The van der Waals surface area contributed by atoms with E-state index in [1.54, 1.807) is 32.0 Å². The van der Waals surface area contributed by atoms with Gasteiger partial charge in [0.2, 0.25) is 21.8 Å². The summed E-state index contributed by atoms with van der Waals surface area (Å²) in [6.07, 6.45) is 1.16. The number of likely N-dealkylation sites (N-methyl/N-ethyl adjacent to an activating group) is 1. The number of nitrogens with zero attached hydrogens (tertiary/aromatic N) is 2. The molecule has 1 atom stereocenters. The van der Waals surface area contributed by atoms with Gasteiger partial charge in [-0.25, -0.2) is 12.8 Å². The molecule has 0 saturated carbocycles. The van der Waals surface area contributed by atoms with Crippen molar-refractivity contribution in [1.82, 2.24) is 10.2 Å². The average molecular weight is 518 g/mol. The fourth-order valence-electron chi connectivity index (χ4n) is 3.29. The normalized spacial score (nSPS) is 12.2. The fourth-order valence-corrected chi connectivity index (χ4v) is 4.47. The lowest BCUT2D eigenvalue weighted by atomic mass is 10.1. The molecule has 2 aromatic carbocycles. The maximum atomic E-state index is 14.4. The van der Waals surface area contributed by atoms with Gasteiger partial charge in [-0.2, -0.15) is 0 Å². The number of anilines is 1. The minimum absolute atomic E-state index is 0.0275. The number of sulfonamides is 1. The molecule has 0 bridgehead atoms. The topological polar surface area (TPSA) is 86.8 Å². The van der Waals surface area contributed by atoms with Crippen LogP contribution in [0.15, 0.2) is 42.5 Å². The summed E-state index contributed by atoms with van der Waals surface area (Å²) < 4.78 is 39.9. The molecule has 11 heteroatoms. The van der Waals surface area contributed by atoms with Crippen molar-refractivity contribution in [3.8, 4) is 0 Å². The number of rotatable bonds is 10. The zero-order valence-electron chi connectivity index (χ0n) is 18.5. The van der Waals surface area contributed by atoms with Crippen LogP contribution in [0.5, 0.6) is 0 Å². The van der Waals surface area contributed by atoms with Crippen LogP contribution < -0.4 is 9.62 Å². The minimum atomic E-state index is -4.01. The van der Waals surface area contributed by atoms with Crippen molar-refractivity contribution in [2.45, 2.75) is 32.9 Å². The molecular formula is C22H26Cl2FN3O4S. The molecule has 0 aliphatic heterocycles. The van der Waals surface area contributed by atoms with Crippen LogP contribution >= 0.6 is 23.2 Å². The van der Waals surface area contributed by atoms with Crippen molar-refractivity contribution >= 4 is 50.7 Å². The van der Waals surface area contributed by atoms with Gasteiger partial charge in [-0.1, -0.05) is 48.3 Å². The van der Waals surface area contributed by atoms with Gasteiger partial charge in [0.25, 0.3) is 0 Å². The van der Waals surface area contributed by atoms with Crippen LogP contribution in [0.1, 0.15) is 25.8 Å². The van der Waals surface area contributed by atoms with Crippen LogP contribution in [0.3, 0.4) is 0 Å². The van der Waals surface area contributed by atoms with Crippen LogP contribution in [-0.4, -0.2) is 50.5 Å². The molecule has 0 radical (unpaired) electrons. The standard InChI is InChI=1S/C22H26Cl2FN3O4S/c1-4-19(22(30)26-5-2)27(13-15-10-11-16(23)17(24)12-15)21(29)14-28(33(3,31)32)20-9-7-6-8-18(20)25/h6-12,19H,4-5,13-14H2,1-3H3,(H,26,30)/t19-/m1/s1. The molecule has 1 N–H and O–H groups in total. The first-order valence-corrected chi connectivity index (χ1v) is 12.8. The van der Waals surface area contributed by atoms with Gasteiger partial charge in [-0.15, -0.1) is 0 Å². The number of carbonyl (C=O) groups is 2. The number of halogens is 3. The zero-order chi connectivity index (χ0) is 24.8. The Labute approximate surface area is 203 Å². The molecule has 0 heterocycles. The maximum absolute atomic E-state index is 14.4. The Morgan fingerprint density at radius 3 is 2.30 bits per heavy atom. The third kappa shape index (κ3) is 7.06. The number of hydrogen-bond acceptors (Lipinski definition) is 4. The molecule has 7 nitrogen and oxygen atoms in total. The van der Waals surface area contributed by atoms with E-state index in [4.69, 9.17) is 23.2 Å². The lowest BCUT2D eigenvalue weighted by molar-refractivity contribution is -0.140. The summed E-state index contributed by atoms with van der Waals surface area (Å²) in [6, 6.07) is 9.18. The molecule has 0 spiro atoms. The third-order valence-corrected chi connectivity index (χ3v) is 6.74. The number of nitrogens with one attached hydrogen (secondary N) is 1. The third-order valence-electron chi connectivity index (χ3n) is 4.87. The summed E-state index contributed by atoms with van der Waals surface area (Å²) in [5, 5.41) is 3.30. The lowest BCUT2D eigenvalue weighted by Crippen LogP contribution is -2.52. The monoisotopic (exact) mass is 517 g/mol. The maximum Gasteiger partial charge on any atom is 0.244 e. The highest BCUT2D eigenvalue weighted by Gasteiger charge is 2.32. The summed E-state index contributed by atoms with van der Waals surface area (Å²) in [4.78, 5) is 27.4. The smallest absolute Gasteiger partial charge is 0.244 e. The molecule has 0 unspecified atom stereocenters. The number of hydrogen-bond donors (Lipinski definition) is 1. The lowest BCUT2D eigenvalue weighted by Gasteiger charge is -2.32. The molecule has 2 amide bonds. The SMILES string of the molecule is CCNC(=O)[C@@H](CC)N(Cc1ccc(Cl)c(Cl)c1)C(=O)CN(c1ccccc1F)S(C)(=O)=O. The Morgan fingerprint density at radius 2 is 1.76 bits per heavy atom. The first-order chi connectivity index (χ1) is 15.5. The second-order valence-electron chi connectivity index (χ2n) is 7.31. The van der Waals surface area contributed by atoms with E-state index < -0.39 is 34.3 Å². The predicted molar refractivity (Wildman–Crippen MR) is 128 cm³/mol. The molecule has 0 fully saturated rings. The molecule has 0 aromatic heterocycles. The first kappa shape index (κ1) is 26.9. The summed E-state index contributed by atoms with van der Waals surface area (Å²) in [7, 11) is -4.01. The number of amides is 2. The molecule has 2 rings (SSSR count). The predicted octanol–water partition coefficient (Wildman–Crippen LogP) is 3.84. The van der Waals surface area contributed by atoms with Crippen LogP contribution in [0.25, 0.3) is 0 Å². The van der Waals surface area contributed by atoms with Gasteiger partial charge in [0.1, 0.15) is 18.4 Å². The summed E-state index contributed by atoms with van der Waals surface area (Å²) in [5.41, 5.74) is 0.339. The zero-order valence-corrected chi connectivity index (χ0v) is 20.8. The van der Waals surface area contributed by atoms with Gasteiger partial charge < -0.3 is 10.2 Å². The summed E-state index contributed by atoms with van der Waals surface area (Å²) in [6.45, 7) is 3.13. The van der Waals surface area contributed by atoms with E-state index in [-0.39, 0.29) is 29.6 Å². The molecular weight excluding hydrogens is 492 g/mol.